The third-order valence-electron chi connectivity index (χ3n) is 3.66. The average molecular weight is 348 g/mol. The summed E-state index contributed by atoms with van der Waals surface area (Å²) in [5.41, 5.74) is 0.545. The Morgan fingerprint density at radius 3 is 2.67 bits per heavy atom. The number of nitrogens with one attached hydrogen (secondary N) is 1. The van der Waals surface area contributed by atoms with E-state index in [9.17, 15) is 4.79 Å². The molecule has 21 heavy (non-hydrogen) atoms. The number of rotatable bonds is 3. The second-order valence-electron chi connectivity index (χ2n) is 5.26. The van der Waals surface area contributed by atoms with Crippen molar-refractivity contribution in [1.82, 2.24) is 9.80 Å². The van der Waals surface area contributed by atoms with Gasteiger partial charge in [0.05, 0.1) is 10.7 Å². The van der Waals surface area contributed by atoms with E-state index >= 15 is 0 Å². The van der Waals surface area contributed by atoms with Gasteiger partial charge in [0.25, 0.3) is 0 Å². The number of urea groups is 1. The minimum Gasteiger partial charge on any atom is -0.322 e. The van der Waals surface area contributed by atoms with Crippen LogP contribution in [-0.4, -0.2) is 60.6 Å². The molecule has 1 aliphatic heterocycles. The molecule has 1 saturated heterocycles. The predicted octanol–water partition coefficient (Wildman–Crippen LogP) is 3.50. The first kappa shape index (κ1) is 16.7. The SMILES string of the molecule is CS[C@@H]1CN(C(=O)Nc2cc(Cl)ccc2Cl)C[C@H]1N(C)C. The number of amides is 2. The van der Waals surface area contributed by atoms with Gasteiger partial charge in [-0.15, -0.1) is 0 Å². The fourth-order valence-corrected chi connectivity index (χ4v) is 3.75. The molecule has 2 rings (SSSR count). The lowest BCUT2D eigenvalue weighted by Gasteiger charge is -2.23. The van der Waals surface area contributed by atoms with Crippen LogP contribution < -0.4 is 5.32 Å². The molecule has 1 aromatic carbocycles. The van der Waals surface area contributed by atoms with E-state index < -0.39 is 0 Å². The molecular weight excluding hydrogens is 329 g/mol. The number of hydrogen-bond acceptors (Lipinski definition) is 3. The van der Waals surface area contributed by atoms with Gasteiger partial charge in [-0.25, -0.2) is 4.79 Å². The number of halogens is 2. The Kier molecular flexibility index (Phi) is 5.66. The summed E-state index contributed by atoms with van der Waals surface area (Å²) in [5.74, 6) is 0. The van der Waals surface area contributed by atoms with Gasteiger partial charge in [0.2, 0.25) is 0 Å². The summed E-state index contributed by atoms with van der Waals surface area (Å²) in [6.07, 6.45) is 2.08. The second-order valence-corrected chi connectivity index (χ2v) is 7.18. The maximum Gasteiger partial charge on any atom is 0.321 e. The number of thioether (sulfide) groups is 1. The van der Waals surface area contributed by atoms with E-state index in [-0.39, 0.29) is 6.03 Å². The van der Waals surface area contributed by atoms with Crippen LogP contribution in [0, 0.1) is 0 Å². The van der Waals surface area contributed by atoms with Crippen LogP contribution >= 0.6 is 35.0 Å². The van der Waals surface area contributed by atoms with Crippen molar-refractivity contribution in [1.29, 1.82) is 0 Å². The molecule has 0 radical (unpaired) electrons. The zero-order chi connectivity index (χ0) is 15.6. The molecule has 2 atom stereocenters. The molecule has 7 heteroatoms. The van der Waals surface area contributed by atoms with Crippen molar-refractivity contribution >= 4 is 46.7 Å². The van der Waals surface area contributed by atoms with Gasteiger partial charge < -0.3 is 15.1 Å². The van der Waals surface area contributed by atoms with Crippen LogP contribution in [0.1, 0.15) is 0 Å². The summed E-state index contributed by atoms with van der Waals surface area (Å²) in [7, 11) is 4.09. The zero-order valence-electron chi connectivity index (χ0n) is 12.3. The molecule has 4 nitrogen and oxygen atoms in total. The number of hydrogen-bond donors (Lipinski definition) is 1. The van der Waals surface area contributed by atoms with Gasteiger partial charge in [0.1, 0.15) is 0 Å². The van der Waals surface area contributed by atoms with Crippen molar-refractivity contribution in [3.8, 4) is 0 Å². The van der Waals surface area contributed by atoms with Crippen LogP contribution in [0.4, 0.5) is 10.5 Å². The van der Waals surface area contributed by atoms with Crippen LogP contribution in [0.15, 0.2) is 18.2 Å². The van der Waals surface area contributed by atoms with Gasteiger partial charge in [-0.05, 0) is 38.6 Å². The first-order chi connectivity index (χ1) is 9.92. The number of carbonyl (C=O) groups is 1. The molecule has 1 fully saturated rings. The summed E-state index contributed by atoms with van der Waals surface area (Å²) in [6, 6.07) is 5.26. The van der Waals surface area contributed by atoms with Crippen molar-refractivity contribution < 1.29 is 4.79 Å². The number of likely N-dealkylation sites (tertiary alicyclic amines) is 1. The Morgan fingerprint density at radius 1 is 1.38 bits per heavy atom. The van der Waals surface area contributed by atoms with Crippen LogP contribution in [0.5, 0.6) is 0 Å². The predicted molar refractivity (Wildman–Crippen MR) is 91.8 cm³/mol. The molecule has 2 amide bonds. The largest absolute Gasteiger partial charge is 0.322 e. The van der Waals surface area contributed by atoms with E-state index in [4.69, 9.17) is 23.2 Å². The number of benzene rings is 1. The highest BCUT2D eigenvalue weighted by molar-refractivity contribution is 7.99. The lowest BCUT2D eigenvalue weighted by Crippen LogP contribution is -2.38. The minimum absolute atomic E-state index is 0.137. The van der Waals surface area contributed by atoms with Crippen molar-refractivity contribution in [2.45, 2.75) is 11.3 Å². The van der Waals surface area contributed by atoms with Crippen molar-refractivity contribution in [3.05, 3.63) is 28.2 Å². The smallest absolute Gasteiger partial charge is 0.321 e. The average Bonchev–Trinajstić information content (AvgIpc) is 2.87. The van der Waals surface area contributed by atoms with E-state index in [0.717, 1.165) is 6.54 Å². The van der Waals surface area contributed by atoms with Crippen LogP contribution in [0.3, 0.4) is 0 Å². The molecule has 116 valence electrons. The highest BCUT2D eigenvalue weighted by Crippen LogP contribution is 2.28. The second kappa shape index (κ2) is 7.09. The molecule has 1 aromatic rings. The van der Waals surface area contributed by atoms with Crippen LogP contribution in [0.25, 0.3) is 0 Å². The molecule has 1 heterocycles. The number of nitrogens with zero attached hydrogens (tertiary/aromatic N) is 2. The molecule has 1 N–H and O–H groups in total. The topological polar surface area (TPSA) is 35.6 Å². The van der Waals surface area contributed by atoms with Gasteiger partial charge in [-0.1, -0.05) is 23.2 Å². The lowest BCUT2D eigenvalue weighted by atomic mass is 10.2. The van der Waals surface area contributed by atoms with Crippen LogP contribution in [0.2, 0.25) is 10.0 Å². The molecular formula is C14H19Cl2N3OS. The Balaban J connectivity index is 2.06. The maximum atomic E-state index is 12.4. The Labute approximate surface area is 139 Å². The molecule has 0 aliphatic carbocycles. The van der Waals surface area contributed by atoms with E-state index in [2.05, 4.69) is 16.5 Å². The fourth-order valence-electron chi connectivity index (χ4n) is 2.44. The molecule has 0 spiro atoms. The summed E-state index contributed by atoms with van der Waals surface area (Å²) in [4.78, 5) is 16.4. The molecule has 0 saturated carbocycles. The van der Waals surface area contributed by atoms with E-state index in [1.54, 1.807) is 30.0 Å². The number of carbonyl (C=O) groups excluding carboxylic acids is 1. The maximum absolute atomic E-state index is 12.4. The first-order valence-electron chi connectivity index (χ1n) is 6.62. The normalized spacial score (nSPS) is 21.9. The summed E-state index contributed by atoms with van der Waals surface area (Å²) >= 11 is 13.8. The molecule has 0 aromatic heterocycles. The molecule has 0 unspecified atom stereocenters. The molecule has 1 aliphatic rings. The van der Waals surface area contributed by atoms with Crippen molar-refractivity contribution in [2.75, 3.05) is 38.8 Å². The van der Waals surface area contributed by atoms with Gasteiger partial charge in [-0.3, -0.25) is 0 Å². The Bertz CT molecular complexity index is 527. The van der Waals surface area contributed by atoms with E-state index in [1.165, 1.54) is 0 Å². The highest BCUT2D eigenvalue weighted by Gasteiger charge is 2.36. The third kappa shape index (κ3) is 3.97. The lowest BCUT2D eigenvalue weighted by molar-refractivity contribution is 0.216. The van der Waals surface area contributed by atoms with Gasteiger partial charge >= 0.3 is 6.03 Å². The first-order valence-corrected chi connectivity index (χ1v) is 8.67. The van der Waals surface area contributed by atoms with E-state index in [0.29, 0.717) is 33.6 Å². The number of likely N-dealkylation sites (N-methyl/N-ethyl adjacent to an activating group) is 1. The summed E-state index contributed by atoms with van der Waals surface area (Å²) in [6.45, 7) is 1.44. The molecule has 0 bridgehead atoms. The minimum atomic E-state index is -0.137. The number of anilines is 1. The third-order valence-corrected chi connectivity index (χ3v) is 5.29. The van der Waals surface area contributed by atoms with E-state index in [1.807, 2.05) is 19.0 Å². The summed E-state index contributed by atoms with van der Waals surface area (Å²) in [5, 5.41) is 4.29. The fraction of sp³-hybridized carbons (Fsp3) is 0.500. The highest BCUT2D eigenvalue weighted by atomic mass is 35.5. The standard InChI is InChI=1S/C14H19Cl2N3OS/c1-18(2)12-7-19(8-13(12)21-3)14(20)17-11-6-9(15)4-5-10(11)16/h4-6,12-13H,7-8H2,1-3H3,(H,17,20)/t12-,13-/m1/s1. The quantitative estimate of drug-likeness (QED) is 0.908. The monoisotopic (exact) mass is 347 g/mol. The van der Waals surface area contributed by atoms with Crippen LogP contribution in [-0.2, 0) is 0 Å². The van der Waals surface area contributed by atoms with Crippen molar-refractivity contribution in [2.24, 2.45) is 0 Å². The van der Waals surface area contributed by atoms with Gasteiger partial charge in [0.15, 0.2) is 0 Å². The summed E-state index contributed by atoms with van der Waals surface area (Å²) < 4.78 is 0. The van der Waals surface area contributed by atoms with Gasteiger partial charge in [-0.2, -0.15) is 11.8 Å². The van der Waals surface area contributed by atoms with Gasteiger partial charge in [0, 0.05) is 29.4 Å². The Hall–Kier alpha value is -0.620. The zero-order valence-corrected chi connectivity index (χ0v) is 14.6. The Morgan fingerprint density at radius 2 is 2.10 bits per heavy atom. The van der Waals surface area contributed by atoms with Crippen molar-refractivity contribution in [3.63, 3.8) is 0 Å².